The number of aromatic nitrogens is 1. The maximum absolute atomic E-state index is 12.6. The number of rotatable bonds is 10. The minimum atomic E-state index is -3.34. The predicted molar refractivity (Wildman–Crippen MR) is 146 cm³/mol. The SMILES string of the molecule is Cc1nc(S(C)(=O)=O)ccc1OC1CCC(OC2CCN(C(=O)O[C@@H](C)COCc3ccccc3)CC2)CC1. The summed E-state index contributed by atoms with van der Waals surface area (Å²) in [5, 5.41) is 0.0612. The topological polar surface area (TPSA) is 104 Å². The number of amides is 1. The summed E-state index contributed by atoms with van der Waals surface area (Å²) in [6.45, 7) is 5.71. The number of carbonyl (C=O) groups excluding carboxylic acids is 1. The number of carbonyl (C=O) groups is 1. The zero-order valence-electron chi connectivity index (χ0n) is 23.1. The van der Waals surface area contributed by atoms with E-state index in [-0.39, 0.29) is 35.5 Å². The molecule has 9 nitrogen and oxygen atoms in total. The van der Waals surface area contributed by atoms with Gasteiger partial charge in [0.15, 0.2) is 14.9 Å². The van der Waals surface area contributed by atoms with Gasteiger partial charge in [-0.05, 0) is 70.1 Å². The molecule has 10 heteroatoms. The quantitative estimate of drug-likeness (QED) is 0.412. The summed E-state index contributed by atoms with van der Waals surface area (Å²) in [6, 6.07) is 13.1. The fraction of sp³-hybridized carbons (Fsp3) is 0.586. The summed E-state index contributed by atoms with van der Waals surface area (Å²) < 4.78 is 47.2. The zero-order valence-corrected chi connectivity index (χ0v) is 23.9. The molecule has 0 spiro atoms. The van der Waals surface area contributed by atoms with Gasteiger partial charge in [-0.15, -0.1) is 0 Å². The number of hydrogen-bond acceptors (Lipinski definition) is 8. The Morgan fingerprint density at radius 3 is 2.26 bits per heavy atom. The van der Waals surface area contributed by atoms with E-state index in [1.54, 1.807) is 17.9 Å². The highest BCUT2D eigenvalue weighted by atomic mass is 32.2. The summed E-state index contributed by atoms with van der Waals surface area (Å²) in [6.07, 6.45) is 6.05. The number of pyridine rings is 1. The first kappa shape index (κ1) is 29.3. The molecule has 2 heterocycles. The monoisotopic (exact) mass is 560 g/mol. The normalized spacial score (nSPS) is 21.4. The smallest absolute Gasteiger partial charge is 0.410 e. The lowest BCUT2D eigenvalue weighted by Gasteiger charge is -2.36. The Bertz CT molecular complexity index is 1180. The molecule has 1 aliphatic heterocycles. The molecule has 1 saturated carbocycles. The molecule has 4 rings (SSSR count). The van der Waals surface area contributed by atoms with Crippen molar-refractivity contribution in [2.45, 2.75) is 88.4 Å². The van der Waals surface area contributed by atoms with Gasteiger partial charge in [-0.1, -0.05) is 30.3 Å². The number of likely N-dealkylation sites (tertiary alicyclic amines) is 1. The Kier molecular flexibility index (Phi) is 10.2. The molecule has 214 valence electrons. The second kappa shape index (κ2) is 13.6. The van der Waals surface area contributed by atoms with E-state index in [2.05, 4.69) is 4.98 Å². The van der Waals surface area contributed by atoms with Gasteiger partial charge in [0.1, 0.15) is 11.9 Å². The van der Waals surface area contributed by atoms with Gasteiger partial charge in [-0.3, -0.25) is 0 Å². The van der Waals surface area contributed by atoms with Crippen LogP contribution < -0.4 is 4.74 Å². The van der Waals surface area contributed by atoms with Crippen molar-refractivity contribution >= 4 is 15.9 Å². The standard InChI is InChI=1S/C29H40N2O7S/c1-21(19-35-20-23-7-5-4-6-8-23)36-29(32)31-17-15-26(16-18-31)37-24-9-11-25(12-10-24)38-27-13-14-28(30-22(27)2)39(3,33)34/h4-8,13-14,21,24-26H,9-12,15-20H2,1-3H3/t21-,24?,25?/m0/s1. The summed E-state index contributed by atoms with van der Waals surface area (Å²) >= 11 is 0. The summed E-state index contributed by atoms with van der Waals surface area (Å²) in [5.41, 5.74) is 1.67. The summed E-state index contributed by atoms with van der Waals surface area (Å²) in [4.78, 5) is 18.5. The van der Waals surface area contributed by atoms with Crippen molar-refractivity contribution in [2.24, 2.45) is 0 Å². The first-order valence-electron chi connectivity index (χ1n) is 13.7. The number of piperidine rings is 1. The van der Waals surface area contributed by atoms with E-state index in [1.165, 1.54) is 6.07 Å². The fourth-order valence-corrected chi connectivity index (χ4v) is 5.58. The molecule has 0 bridgehead atoms. The number of hydrogen-bond donors (Lipinski definition) is 0. The Morgan fingerprint density at radius 2 is 1.62 bits per heavy atom. The van der Waals surface area contributed by atoms with Crippen molar-refractivity contribution in [1.82, 2.24) is 9.88 Å². The van der Waals surface area contributed by atoms with Gasteiger partial charge in [0.05, 0.1) is 37.2 Å². The van der Waals surface area contributed by atoms with Crippen LogP contribution in [0.5, 0.6) is 5.75 Å². The minimum absolute atomic E-state index is 0.0599. The highest BCUT2D eigenvalue weighted by Gasteiger charge is 2.30. The average molecular weight is 561 g/mol. The lowest BCUT2D eigenvalue weighted by Crippen LogP contribution is -2.43. The summed E-state index contributed by atoms with van der Waals surface area (Å²) in [7, 11) is -3.34. The van der Waals surface area contributed by atoms with Gasteiger partial charge >= 0.3 is 6.09 Å². The van der Waals surface area contributed by atoms with Crippen LogP contribution in [0.3, 0.4) is 0 Å². The highest BCUT2D eigenvalue weighted by molar-refractivity contribution is 7.90. The van der Waals surface area contributed by atoms with Crippen molar-refractivity contribution in [3.63, 3.8) is 0 Å². The molecule has 1 saturated heterocycles. The molecular weight excluding hydrogens is 520 g/mol. The number of ether oxygens (including phenoxy) is 4. The van der Waals surface area contributed by atoms with Crippen LogP contribution >= 0.6 is 0 Å². The van der Waals surface area contributed by atoms with E-state index in [0.29, 0.717) is 37.7 Å². The average Bonchev–Trinajstić information content (AvgIpc) is 2.91. The zero-order chi connectivity index (χ0) is 27.8. The molecular formula is C29H40N2O7S. The Hall–Kier alpha value is -2.69. The van der Waals surface area contributed by atoms with Gasteiger partial charge in [-0.2, -0.15) is 0 Å². The molecule has 2 fully saturated rings. The van der Waals surface area contributed by atoms with Crippen LogP contribution in [0.4, 0.5) is 4.79 Å². The van der Waals surface area contributed by atoms with E-state index < -0.39 is 9.84 Å². The Balaban J connectivity index is 1.11. The van der Waals surface area contributed by atoms with Crippen molar-refractivity contribution in [3.05, 3.63) is 53.7 Å². The third-order valence-electron chi connectivity index (χ3n) is 7.16. The number of aryl methyl sites for hydroxylation is 1. The first-order valence-corrected chi connectivity index (χ1v) is 15.6. The highest BCUT2D eigenvalue weighted by Crippen LogP contribution is 2.29. The van der Waals surface area contributed by atoms with Crippen molar-refractivity contribution < 1.29 is 32.2 Å². The lowest BCUT2D eigenvalue weighted by molar-refractivity contribution is -0.0671. The largest absolute Gasteiger partial charge is 0.489 e. The Morgan fingerprint density at radius 1 is 0.974 bits per heavy atom. The van der Waals surface area contributed by atoms with Crippen LogP contribution in [-0.4, -0.2) is 74.8 Å². The number of nitrogens with zero attached hydrogens (tertiary/aromatic N) is 2. The van der Waals surface area contributed by atoms with Crippen molar-refractivity contribution in [2.75, 3.05) is 26.0 Å². The van der Waals surface area contributed by atoms with Gasteiger partial charge in [-0.25, -0.2) is 18.2 Å². The first-order chi connectivity index (χ1) is 18.7. The van der Waals surface area contributed by atoms with Crippen LogP contribution in [0.25, 0.3) is 0 Å². The van der Waals surface area contributed by atoms with Crippen molar-refractivity contribution in [3.8, 4) is 5.75 Å². The Labute approximate surface area is 231 Å². The molecule has 39 heavy (non-hydrogen) atoms. The fourth-order valence-electron chi connectivity index (χ4n) is 4.97. The van der Waals surface area contributed by atoms with E-state index in [4.69, 9.17) is 18.9 Å². The molecule has 1 aromatic heterocycles. The van der Waals surface area contributed by atoms with Crippen LogP contribution in [-0.2, 0) is 30.7 Å². The van der Waals surface area contributed by atoms with Crippen LogP contribution in [0.15, 0.2) is 47.5 Å². The maximum atomic E-state index is 12.6. The number of benzene rings is 1. The van der Waals surface area contributed by atoms with E-state index >= 15 is 0 Å². The molecule has 0 unspecified atom stereocenters. The third-order valence-corrected chi connectivity index (χ3v) is 8.14. The van der Waals surface area contributed by atoms with E-state index in [0.717, 1.165) is 50.3 Å². The maximum Gasteiger partial charge on any atom is 0.410 e. The summed E-state index contributed by atoms with van der Waals surface area (Å²) in [5.74, 6) is 0.628. The second-order valence-corrected chi connectivity index (χ2v) is 12.5. The van der Waals surface area contributed by atoms with Crippen molar-refractivity contribution in [1.29, 1.82) is 0 Å². The number of sulfone groups is 1. The molecule has 0 N–H and O–H groups in total. The van der Waals surface area contributed by atoms with Crippen LogP contribution in [0.2, 0.25) is 0 Å². The van der Waals surface area contributed by atoms with Gasteiger partial charge in [0.2, 0.25) is 0 Å². The van der Waals surface area contributed by atoms with Crippen LogP contribution in [0, 0.1) is 6.92 Å². The minimum Gasteiger partial charge on any atom is -0.489 e. The van der Waals surface area contributed by atoms with E-state index in [1.807, 2.05) is 37.3 Å². The molecule has 0 radical (unpaired) electrons. The third kappa shape index (κ3) is 8.91. The van der Waals surface area contributed by atoms with Gasteiger partial charge in [0.25, 0.3) is 0 Å². The van der Waals surface area contributed by atoms with Gasteiger partial charge < -0.3 is 23.8 Å². The lowest BCUT2D eigenvalue weighted by atomic mass is 9.94. The molecule has 1 amide bonds. The molecule has 1 atom stereocenters. The molecule has 1 aliphatic carbocycles. The van der Waals surface area contributed by atoms with Crippen LogP contribution in [0.1, 0.15) is 56.7 Å². The molecule has 1 aromatic carbocycles. The van der Waals surface area contributed by atoms with E-state index in [9.17, 15) is 13.2 Å². The second-order valence-electron chi connectivity index (χ2n) is 10.5. The molecule has 2 aliphatic rings. The predicted octanol–water partition coefficient (Wildman–Crippen LogP) is 4.71. The van der Waals surface area contributed by atoms with Gasteiger partial charge in [0, 0.05) is 19.3 Å². The molecule has 2 aromatic rings.